The Kier molecular flexibility index (Phi) is 2.52. The number of anilines is 1. The minimum Gasteiger partial charge on any atom is -0.412 e. The van der Waals surface area contributed by atoms with Crippen molar-refractivity contribution in [1.29, 1.82) is 0 Å². The van der Waals surface area contributed by atoms with Crippen LogP contribution in [0.2, 0.25) is 0 Å². The van der Waals surface area contributed by atoms with Gasteiger partial charge in [0.1, 0.15) is 0 Å². The number of nitrogen functional groups attached to an aromatic ring is 1. The van der Waals surface area contributed by atoms with Gasteiger partial charge in [-0.2, -0.15) is 10.1 Å². The van der Waals surface area contributed by atoms with Gasteiger partial charge in [-0.15, -0.1) is 0 Å². The monoisotopic (exact) mass is 232 g/mol. The van der Waals surface area contributed by atoms with Crippen LogP contribution in [0.4, 0.5) is 5.95 Å². The molecule has 0 aliphatic heterocycles. The lowest BCUT2D eigenvalue weighted by atomic mass is 10.1. The Bertz CT molecular complexity index is 656. The van der Waals surface area contributed by atoms with E-state index < -0.39 is 0 Å². The number of aryl methyl sites for hydroxylation is 1. The summed E-state index contributed by atoms with van der Waals surface area (Å²) in [6, 6.07) is 1.96. The third-order valence-electron chi connectivity index (χ3n) is 2.39. The summed E-state index contributed by atoms with van der Waals surface area (Å²) in [7, 11) is 1.88. The van der Waals surface area contributed by atoms with E-state index in [9.17, 15) is 0 Å². The maximum absolute atomic E-state index is 5.56. The van der Waals surface area contributed by atoms with E-state index in [1.165, 1.54) is 0 Å². The zero-order valence-corrected chi connectivity index (χ0v) is 9.18. The highest BCUT2D eigenvalue weighted by Gasteiger charge is 2.05. The van der Waals surface area contributed by atoms with Crippen molar-refractivity contribution in [2.45, 2.75) is 0 Å². The molecule has 88 valence electrons. The number of nitrogens with zero attached hydrogens (tertiary/aromatic N) is 4. The highest BCUT2D eigenvalue weighted by atomic mass is 16.0. The fourth-order valence-electron chi connectivity index (χ4n) is 1.65. The lowest BCUT2D eigenvalue weighted by molar-refractivity contribution is 0.768. The van der Waals surface area contributed by atoms with Crippen molar-refractivity contribution < 1.29 is 5.48 Å². The van der Waals surface area contributed by atoms with Crippen LogP contribution in [0.25, 0.3) is 22.3 Å². The number of fused-ring (bicyclic) bond motifs is 1. The number of nitrogens with two attached hydrogens (primary N) is 1. The van der Waals surface area contributed by atoms with Crippen molar-refractivity contribution in [3.63, 3.8) is 0 Å². The van der Waals surface area contributed by atoms with Gasteiger partial charge in [-0.05, 0) is 6.07 Å². The van der Waals surface area contributed by atoms with Gasteiger partial charge in [-0.25, -0.2) is 4.98 Å². The average Bonchev–Trinajstić information content (AvgIpc) is 2.81. The molecule has 0 spiro atoms. The van der Waals surface area contributed by atoms with Gasteiger partial charge in [-0.1, -0.05) is 0 Å². The first-order chi connectivity index (χ1) is 7.72. The van der Waals surface area contributed by atoms with E-state index in [0.717, 1.165) is 16.6 Å². The molecule has 3 aromatic rings. The predicted molar refractivity (Wildman–Crippen MR) is 64.1 cm³/mol. The Morgan fingerprint density at radius 2 is 2.12 bits per heavy atom. The first-order valence-corrected chi connectivity index (χ1v) is 4.82. The Hall–Kier alpha value is -2.41. The second-order valence-corrected chi connectivity index (χ2v) is 3.62. The predicted octanol–water partition coefficient (Wildman–Crippen LogP) is 0.116. The number of imidazole rings is 1. The molecule has 0 aliphatic rings. The molecule has 17 heavy (non-hydrogen) atoms. The van der Waals surface area contributed by atoms with Crippen molar-refractivity contribution in [3.05, 3.63) is 24.7 Å². The summed E-state index contributed by atoms with van der Waals surface area (Å²) in [6.07, 6.45) is 5.49. The van der Waals surface area contributed by atoms with E-state index in [1.807, 2.05) is 19.3 Å². The number of rotatable bonds is 1. The molecule has 0 atom stereocenters. The summed E-state index contributed by atoms with van der Waals surface area (Å²) in [5.74, 6) is 0.380. The van der Waals surface area contributed by atoms with E-state index in [0.29, 0.717) is 11.6 Å². The van der Waals surface area contributed by atoms with Crippen molar-refractivity contribution in [3.8, 4) is 11.1 Å². The van der Waals surface area contributed by atoms with E-state index in [-0.39, 0.29) is 5.48 Å². The molecule has 3 rings (SSSR count). The maximum Gasteiger partial charge on any atom is 0.200 e. The zero-order valence-electron chi connectivity index (χ0n) is 9.18. The van der Waals surface area contributed by atoms with Crippen LogP contribution in [0.5, 0.6) is 0 Å². The van der Waals surface area contributed by atoms with Crippen LogP contribution in [0.1, 0.15) is 0 Å². The number of H-pyrrole nitrogens is 1. The van der Waals surface area contributed by atoms with Crippen molar-refractivity contribution >= 4 is 17.1 Å². The Labute approximate surface area is 96.6 Å². The van der Waals surface area contributed by atoms with Crippen LogP contribution in [0.3, 0.4) is 0 Å². The fourth-order valence-corrected chi connectivity index (χ4v) is 1.65. The SMILES string of the molecule is Cn1cc(-c2cnc3nc(N)[nH]c3c2)cn1.O. The molecule has 5 N–H and O–H groups in total. The average molecular weight is 232 g/mol. The first kappa shape index (κ1) is 11.1. The summed E-state index contributed by atoms with van der Waals surface area (Å²) >= 11 is 0. The molecule has 0 bridgehead atoms. The van der Waals surface area contributed by atoms with Gasteiger partial charge in [-0.3, -0.25) is 4.68 Å². The second-order valence-electron chi connectivity index (χ2n) is 3.62. The van der Waals surface area contributed by atoms with E-state index >= 15 is 0 Å². The van der Waals surface area contributed by atoms with E-state index in [4.69, 9.17) is 5.73 Å². The highest BCUT2D eigenvalue weighted by molar-refractivity contribution is 5.79. The van der Waals surface area contributed by atoms with Gasteiger partial charge >= 0.3 is 0 Å². The number of hydrogen-bond donors (Lipinski definition) is 2. The van der Waals surface area contributed by atoms with Crippen molar-refractivity contribution in [1.82, 2.24) is 24.7 Å². The smallest absolute Gasteiger partial charge is 0.200 e. The lowest BCUT2D eigenvalue weighted by Crippen LogP contribution is -1.84. The van der Waals surface area contributed by atoms with Gasteiger partial charge in [0.25, 0.3) is 0 Å². The summed E-state index contributed by atoms with van der Waals surface area (Å²) in [4.78, 5) is 11.2. The van der Waals surface area contributed by atoms with Crippen LogP contribution in [0.15, 0.2) is 24.7 Å². The van der Waals surface area contributed by atoms with Gasteiger partial charge < -0.3 is 16.2 Å². The molecular weight excluding hydrogens is 220 g/mol. The van der Waals surface area contributed by atoms with Crippen LogP contribution in [0, 0.1) is 0 Å². The maximum atomic E-state index is 5.56. The summed E-state index contributed by atoms with van der Waals surface area (Å²) in [6.45, 7) is 0. The van der Waals surface area contributed by atoms with Gasteiger partial charge in [0.2, 0.25) is 0 Å². The summed E-state index contributed by atoms with van der Waals surface area (Å²) in [5, 5.41) is 4.12. The standard InChI is InChI=1S/C10H10N6.H2O/c1-16-5-7(4-13-16)6-2-8-9(12-3-6)15-10(11)14-8;/h2-5H,1H3,(H3,11,12,14,15);1H2. The molecule has 0 unspecified atom stereocenters. The summed E-state index contributed by atoms with van der Waals surface area (Å²) in [5.41, 5.74) is 9.03. The first-order valence-electron chi connectivity index (χ1n) is 4.82. The quantitative estimate of drug-likeness (QED) is 0.619. The third-order valence-corrected chi connectivity index (χ3v) is 2.39. The number of nitrogens with one attached hydrogen (secondary N) is 1. The molecule has 3 heterocycles. The van der Waals surface area contributed by atoms with Crippen LogP contribution < -0.4 is 5.73 Å². The van der Waals surface area contributed by atoms with Crippen LogP contribution in [-0.2, 0) is 7.05 Å². The van der Waals surface area contributed by atoms with E-state index in [1.54, 1.807) is 17.1 Å². The fraction of sp³-hybridized carbons (Fsp3) is 0.100. The topological polar surface area (TPSA) is 117 Å². The minimum atomic E-state index is 0. The number of hydrogen-bond acceptors (Lipinski definition) is 4. The number of aromatic amines is 1. The zero-order chi connectivity index (χ0) is 11.1. The molecule has 0 fully saturated rings. The second kappa shape index (κ2) is 3.87. The highest BCUT2D eigenvalue weighted by Crippen LogP contribution is 2.21. The Morgan fingerprint density at radius 3 is 2.82 bits per heavy atom. The largest absolute Gasteiger partial charge is 0.412 e. The van der Waals surface area contributed by atoms with E-state index in [2.05, 4.69) is 20.1 Å². The van der Waals surface area contributed by atoms with Crippen molar-refractivity contribution in [2.24, 2.45) is 7.05 Å². The van der Waals surface area contributed by atoms with Gasteiger partial charge in [0.05, 0.1) is 11.7 Å². The number of aromatic nitrogens is 5. The van der Waals surface area contributed by atoms with Gasteiger partial charge in [0.15, 0.2) is 11.6 Å². The molecule has 3 aromatic heterocycles. The molecule has 0 aliphatic carbocycles. The normalized spacial score (nSPS) is 10.4. The number of pyridine rings is 1. The molecular formula is C10H12N6O. The van der Waals surface area contributed by atoms with Crippen molar-refractivity contribution in [2.75, 3.05) is 5.73 Å². The summed E-state index contributed by atoms with van der Waals surface area (Å²) < 4.78 is 1.75. The third kappa shape index (κ3) is 1.83. The minimum absolute atomic E-state index is 0. The molecule has 0 saturated heterocycles. The van der Waals surface area contributed by atoms with Crippen LogP contribution >= 0.6 is 0 Å². The van der Waals surface area contributed by atoms with Gasteiger partial charge in [0, 0.05) is 30.6 Å². The Balaban J connectivity index is 0.00000108. The molecule has 0 aromatic carbocycles. The Morgan fingerprint density at radius 1 is 1.29 bits per heavy atom. The molecule has 0 amide bonds. The molecule has 7 heteroatoms. The molecule has 0 radical (unpaired) electrons. The lowest BCUT2D eigenvalue weighted by Gasteiger charge is -1.95. The van der Waals surface area contributed by atoms with Crippen LogP contribution in [-0.4, -0.2) is 30.2 Å². The molecule has 0 saturated carbocycles. The molecule has 7 nitrogen and oxygen atoms in total.